The van der Waals surface area contributed by atoms with Crippen LogP contribution in [0.2, 0.25) is 0 Å². The molecule has 0 spiro atoms. The fraction of sp³-hybridized carbons (Fsp3) is 0.800. The van der Waals surface area contributed by atoms with E-state index in [1.54, 1.807) is 4.90 Å². The smallest absolute Gasteiger partial charge is 0.233 e. The van der Waals surface area contributed by atoms with E-state index in [4.69, 9.17) is 0 Å². The Morgan fingerprint density at radius 1 is 1.08 bits per heavy atom. The first kappa shape index (κ1) is 20.9. The van der Waals surface area contributed by atoms with Crippen LogP contribution in [0.5, 0.6) is 0 Å². The van der Waals surface area contributed by atoms with Crippen LogP contribution in [0.1, 0.15) is 52.4 Å². The monoisotopic (exact) mass is 460 g/mol. The van der Waals surface area contributed by atoms with Gasteiger partial charge < -0.3 is 28.5 Å². The van der Waals surface area contributed by atoms with Crippen LogP contribution in [0.15, 0.2) is 11.1 Å². The quantitative estimate of drug-likeness (QED) is 0.256. The Balaban J connectivity index is 0.00000225. The number of hydrogen-bond acceptors (Lipinski definition) is 2. The molecule has 2 aliphatic carbocycles. The fourth-order valence-corrected chi connectivity index (χ4v) is 4.89. The summed E-state index contributed by atoms with van der Waals surface area (Å²) in [5.74, 6) is 0.0349. The number of allylic oxidation sites excluding steroid dienone is 2. The normalized spacial score (nSPS) is 28.6. The van der Waals surface area contributed by atoms with E-state index in [-0.39, 0.29) is 53.0 Å². The van der Waals surface area contributed by atoms with Crippen LogP contribution in [0, 0.1) is 17.3 Å². The van der Waals surface area contributed by atoms with Crippen LogP contribution in [0.4, 0.5) is 0 Å². The molecular formula is C20H33IN2O2. The van der Waals surface area contributed by atoms with Crippen molar-refractivity contribution in [3.8, 4) is 0 Å². The van der Waals surface area contributed by atoms with Gasteiger partial charge in [-0.1, -0.05) is 25.0 Å². The molecule has 0 aromatic rings. The van der Waals surface area contributed by atoms with E-state index in [0.29, 0.717) is 6.54 Å². The van der Waals surface area contributed by atoms with Gasteiger partial charge in [-0.2, -0.15) is 0 Å². The molecule has 3 rings (SSSR count). The Kier molecular flexibility index (Phi) is 6.09. The van der Waals surface area contributed by atoms with Crippen molar-refractivity contribution in [3.05, 3.63) is 11.1 Å². The van der Waals surface area contributed by atoms with Crippen LogP contribution < -0.4 is 24.0 Å². The van der Waals surface area contributed by atoms with Crippen molar-refractivity contribution in [1.82, 2.24) is 4.90 Å². The highest BCUT2D eigenvalue weighted by atomic mass is 127. The van der Waals surface area contributed by atoms with Gasteiger partial charge in [0.05, 0.1) is 39.5 Å². The molecule has 1 aliphatic heterocycles. The number of halogens is 1. The van der Waals surface area contributed by atoms with Crippen LogP contribution in [-0.2, 0) is 9.59 Å². The molecule has 5 heteroatoms. The second-order valence-corrected chi connectivity index (χ2v) is 9.64. The number of fused-ring (bicyclic) bond motifs is 1. The van der Waals surface area contributed by atoms with Crippen molar-refractivity contribution in [2.75, 3.05) is 34.2 Å². The summed E-state index contributed by atoms with van der Waals surface area (Å²) in [5, 5.41) is 0. The zero-order valence-corrected chi connectivity index (χ0v) is 18.6. The summed E-state index contributed by atoms with van der Waals surface area (Å²) in [6, 6.07) is 0. The van der Waals surface area contributed by atoms with Crippen molar-refractivity contribution in [2.45, 2.75) is 52.4 Å². The molecule has 0 saturated carbocycles. The zero-order chi connectivity index (χ0) is 17.7. The maximum atomic E-state index is 12.9. The highest BCUT2D eigenvalue weighted by molar-refractivity contribution is 6.05. The maximum Gasteiger partial charge on any atom is 0.233 e. The molecule has 3 aliphatic rings. The molecule has 0 N–H and O–H groups in total. The molecule has 0 aromatic heterocycles. The number of quaternary nitrogens is 1. The third-order valence-electron chi connectivity index (χ3n) is 6.28. The number of hydrogen-bond donors (Lipinski definition) is 0. The number of amides is 2. The lowest BCUT2D eigenvalue weighted by Gasteiger charge is -2.40. The number of likely N-dealkylation sites (tertiary alicyclic amines) is 1. The predicted molar refractivity (Wildman–Crippen MR) is 95.1 cm³/mol. The average molecular weight is 460 g/mol. The number of imide groups is 1. The van der Waals surface area contributed by atoms with E-state index in [1.807, 2.05) is 0 Å². The summed E-state index contributed by atoms with van der Waals surface area (Å²) in [7, 11) is 6.44. The topological polar surface area (TPSA) is 37.4 Å². The molecule has 25 heavy (non-hydrogen) atoms. The van der Waals surface area contributed by atoms with Gasteiger partial charge in [-0.05, 0) is 37.5 Å². The average Bonchev–Trinajstić information content (AvgIpc) is 2.69. The molecule has 4 nitrogen and oxygen atoms in total. The van der Waals surface area contributed by atoms with Crippen LogP contribution >= 0.6 is 0 Å². The van der Waals surface area contributed by atoms with Gasteiger partial charge in [-0.25, -0.2) is 0 Å². The summed E-state index contributed by atoms with van der Waals surface area (Å²) >= 11 is 0. The highest BCUT2D eigenvalue weighted by Crippen LogP contribution is 2.51. The molecule has 0 radical (unpaired) electrons. The first-order chi connectivity index (χ1) is 11.1. The maximum absolute atomic E-state index is 12.9. The largest absolute Gasteiger partial charge is 1.00 e. The molecular weight excluding hydrogens is 427 g/mol. The molecule has 0 bridgehead atoms. The lowest BCUT2D eigenvalue weighted by Crippen LogP contribution is -3.00. The summed E-state index contributed by atoms with van der Waals surface area (Å²) in [4.78, 5) is 27.3. The van der Waals surface area contributed by atoms with Gasteiger partial charge in [0.1, 0.15) is 0 Å². The van der Waals surface area contributed by atoms with Crippen molar-refractivity contribution in [3.63, 3.8) is 0 Å². The number of carbonyl (C=O) groups is 2. The molecule has 142 valence electrons. The molecule has 1 heterocycles. The van der Waals surface area contributed by atoms with Crippen molar-refractivity contribution < 1.29 is 38.0 Å². The van der Waals surface area contributed by atoms with E-state index in [0.717, 1.165) is 36.7 Å². The second kappa shape index (κ2) is 7.29. The Morgan fingerprint density at radius 3 is 2.28 bits per heavy atom. The van der Waals surface area contributed by atoms with Gasteiger partial charge in [0.15, 0.2) is 0 Å². The highest BCUT2D eigenvalue weighted by Gasteiger charge is 2.51. The third kappa shape index (κ3) is 4.12. The van der Waals surface area contributed by atoms with E-state index >= 15 is 0 Å². The van der Waals surface area contributed by atoms with Crippen LogP contribution in [-0.4, -0.2) is 55.4 Å². The van der Waals surface area contributed by atoms with Crippen molar-refractivity contribution in [1.29, 1.82) is 0 Å². The number of rotatable bonds is 4. The molecule has 1 saturated heterocycles. The van der Waals surface area contributed by atoms with Gasteiger partial charge in [0.2, 0.25) is 11.8 Å². The summed E-state index contributed by atoms with van der Waals surface area (Å²) < 4.78 is 0.868. The Bertz CT molecular complexity index is 589. The standard InChI is InChI=1S/C20H33N2O2.HI/c1-20(2)9-6-8-14-12-15-16(13-17(14)20)19(24)21(18(15)23)10-7-11-22(3,4)5;/h15-16H,6-13H2,1-5H3;1H/q+1;/p-1. The lowest BCUT2D eigenvalue weighted by atomic mass is 9.63. The summed E-state index contributed by atoms with van der Waals surface area (Å²) in [6.45, 7) is 6.19. The SMILES string of the molecule is CC1(C)CCCC2=C1CC1C(=O)N(CCC[N+](C)(C)C)C(=O)C1C2.[I-]. The third-order valence-corrected chi connectivity index (χ3v) is 6.28. The summed E-state index contributed by atoms with van der Waals surface area (Å²) in [5.41, 5.74) is 3.19. The minimum absolute atomic E-state index is 0. The van der Waals surface area contributed by atoms with E-state index in [1.165, 1.54) is 24.0 Å². The van der Waals surface area contributed by atoms with Gasteiger partial charge in [0.25, 0.3) is 0 Å². The first-order valence-electron chi connectivity index (χ1n) is 9.47. The van der Waals surface area contributed by atoms with Crippen LogP contribution in [0.3, 0.4) is 0 Å². The van der Waals surface area contributed by atoms with Gasteiger partial charge in [-0.15, -0.1) is 0 Å². The molecule has 2 amide bonds. The first-order valence-corrected chi connectivity index (χ1v) is 9.47. The van der Waals surface area contributed by atoms with E-state index in [9.17, 15) is 9.59 Å². The van der Waals surface area contributed by atoms with E-state index < -0.39 is 0 Å². The fourth-order valence-electron chi connectivity index (χ4n) is 4.89. The summed E-state index contributed by atoms with van der Waals surface area (Å²) in [6.07, 6.45) is 6.10. The predicted octanol–water partition coefficient (Wildman–Crippen LogP) is -0.0116. The van der Waals surface area contributed by atoms with Gasteiger partial charge in [-0.3, -0.25) is 14.5 Å². The molecule has 0 aromatic carbocycles. The van der Waals surface area contributed by atoms with Gasteiger partial charge >= 0.3 is 0 Å². The zero-order valence-electron chi connectivity index (χ0n) is 16.4. The Hall–Kier alpha value is -0.430. The Morgan fingerprint density at radius 2 is 1.68 bits per heavy atom. The van der Waals surface area contributed by atoms with Gasteiger partial charge in [0, 0.05) is 13.0 Å². The molecule has 2 unspecified atom stereocenters. The van der Waals surface area contributed by atoms with E-state index in [2.05, 4.69) is 35.0 Å². The lowest BCUT2D eigenvalue weighted by molar-refractivity contribution is -0.870. The second-order valence-electron chi connectivity index (χ2n) is 9.64. The van der Waals surface area contributed by atoms with Crippen molar-refractivity contribution in [2.24, 2.45) is 17.3 Å². The minimum atomic E-state index is -0.0854. The molecule has 1 fully saturated rings. The van der Waals surface area contributed by atoms with Crippen molar-refractivity contribution >= 4 is 11.8 Å². The molecule has 2 atom stereocenters. The number of carbonyl (C=O) groups excluding carboxylic acids is 2. The number of nitrogens with zero attached hydrogens (tertiary/aromatic N) is 2. The minimum Gasteiger partial charge on any atom is -1.00 e. The Labute approximate surface area is 169 Å². The van der Waals surface area contributed by atoms with Crippen LogP contribution in [0.25, 0.3) is 0 Å².